The van der Waals surface area contributed by atoms with Crippen LogP contribution in [0, 0.1) is 40.4 Å². The van der Waals surface area contributed by atoms with Crippen LogP contribution < -0.4 is 37.2 Å². The monoisotopic (exact) mass is 1850 g/mol. The second kappa shape index (κ2) is 56.7. The summed E-state index contributed by atoms with van der Waals surface area (Å²) < 4.78 is 34.2. The Hall–Kier alpha value is -6.51. The number of carbonyl (C=O) groups excluding carboxylic acids is 11. The highest BCUT2D eigenvalue weighted by Gasteiger charge is 2.55. The largest absolute Gasteiger partial charge is 0.396 e. The number of hydrogen-bond donors (Lipinski definition) is 18. The molecule has 8 rings (SSSR count). The third-order valence-corrected chi connectivity index (χ3v) is 28.2. The number of fused-ring (bicyclic) bond motifs is 1. The van der Waals surface area contributed by atoms with Gasteiger partial charge in [-0.1, -0.05) is 25.7 Å². The Morgan fingerprint density at radius 3 is 0.862 bits per heavy atom. The Morgan fingerprint density at radius 2 is 0.600 bits per heavy atom. The maximum absolute atomic E-state index is 14.4. The van der Waals surface area contributed by atoms with Crippen LogP contribution in [0.15, 0.2) is 0 Å². The van der Waals surface area contributed by atoms with E-state index < -0.39 is 140 Å². The van der Waals surface area contributed by atoms with Crippen molar-refractivity contribution < 1.29 is 137 Å². The molecule has 11 amide bonds. The van der Waals surface area contributed by atoms with E-state index in [2.05, 4.69) is 37.2 Å². The molecule has 39 heteroatoms. The molecule has 0 bridgehead atoms. The average Bonchev–Trinajstić information content (AvgIpc) is 0.994. The van der Waals surface area contributed by atoms with Crippen molar-refractivity contribution in [1.29, 1.82) is 0 Å². The maximum atomic E-state index is 14.4. The zero-order chi connectivity index (χ0) is 94.3. The molecule has 7 saturated heterocycles. The predicted octanol–water partition coefficient (Wildman–Crippen LogP) is -0.594. The predicted molar refractivity (Wildman–Crippen MR) is 470 cm³/mol. The van der Waals surface area contributed by atoms with Gasteiger partial charge in [-0.3, -0.25) is 52.7 Å². The van der Waals surface area contributed by atoms with Crippen molar-refractivity contribution in [3.05, 3.63) is 0 Å². The fraction of sp³-hybridized carbons (Fsp3) is 0.879. The van der Waals surface area contributed by atoms with E-state index in [-0.39, 0.29) is 136 Å². The summed E-state index contributed by atoms with van der Waals surface area (Å²) in [7, 11) is 0. The molecular weight excluding hydrogens is 1700 g/mol. The lowest BCUT2D eigenvalue weighted by molar-refractivity contribution is -0.270. The first-order valence-corrected chi connectivity index (χ1v) is 48.4. The first kappa shape index (κ1) is 109. The van der Waals surface area contributed by atoms with Gasteiger partial charge in [0.15, 0.2) is 18.9 Å². The second-order valence-corrected chi connectivity index (χ2v) is 37.5. The standard InChI is InChI=1S/C91H157N11O28/c1-59(108)96-78-84(122)81(119)67(54-103)128-87(78)125-47-19-12-22-70(111)92-37-15-4-8-25-74(115)99-41-30-64(31-42-99)91(36-29-73(114)95-40-18-7-11-28-77(118)102-52-62-50-90(57-106,58-107)51-63(62)53-102,65-32-43-100(44-33-65)75(116)26-9-5-16-38-93-71(112)23-13-20-48-126-88-79(97-60(2)109)85(123)82(120)68(55-104)129-88)66-34-45-101(46-35-66)76(117)27-10-6-17-39-94-72(113)24-14-21-49-127-89-80(98-61(3)110)86(124)83(121)69(56-105)130-89/h62-69,78-89,103-107,119-124H,4-58H2,1-3H3,(H,92,111)(H,93,112)(H,94,113)(H,95,114)(H,96,108)(H,97,109)(H,98,110)/t62-,63-,67?,68?,69?,78?,79?,80?,81?,82?,83?,84?,85?,86?,87?,88?,89?,91?/m1/s1. The van der Waals surface area contributed by atoms with Crippen molar-refractivity contribution in [3.63, 3.8) is 0 Å². The fourth-order valence-corrected chi connectivity index (χ4v) is 20.9. The van der Waals surface area contributed by atoms with Gasteiger partial charge in [0, 0.05) is 176 Å². The fourth-order valence-electron chi connectivity index (χ4n) is 20.9. The number of aliphatic hydroxyl groups is 11. The normalized spacial score (nSPS) is 27.8. The van der Waals surface area contributed by atoms with Gasteiger partial charge in [-0.05, 0) is 183 Å². The van der Waals surface area contributed by atoms with Crippen LogP contribution in [-0.2, 0) is 81.2 Å². The number of nitrogens with zero attached hydrogens (tertiary/aromatic N) is 4. The number of ether oxygens (including phenoxy) is 6. The van der Waals surface area contributed by atoms with Crippen LogP contribution in [0.1, 0.15) is 245 Å². The van der Waals surface area contributed by atoms with Crippen LogP contribution in [0.2, 0.25) is 0 Å². The molecule has 0 aromatic carbocycles. The molecule has 17 atom stereocenters. The highest BCUT2D eigenvalue weighted by molar-refractivity contribution is 5.80. The summed E-state index contributed by atoms with van der Waals surface area (Å²) >= 11 is 0. The van der Waals surface area contributed by atoms with Gasteiger partial charge < -0.3 is 141 Å². The molecule has 0 aromatic rings. The van der Waals surface area contributed by atoms with Gasteiger partial charge in [0.05, 0.1) is 33.0 Å². The van der Waals surface area contributed by atoms with Crippen LogP contribution in [0.25, 0.3) is 0 Å². The summed E-state index contributed by atoms with van der Waals surface area (Å²) in [5.41, 5.74) is -0.886. The lowest BCUT2D eigenvalue weighted by atomic mass is 9.51. The Labute approximate surface area is 765 Å². The average molecular weight is 1850 g/mol. The Kier molecular flexibility index (Phi) is 47.5. The van der Waals surface area contributed by atoms with Crippen molar-refractivity contribution in [2.24, 2.45) is 40.4 Å². The third-order valence-electron chi connectivity index (χ3n) is 28.2. The summed E-state index contributed by atoms with van der Waals surface area (Å²) in [5, 5.41) is 131. The number of amides is 11. The number of rotatable bonds is 56. The number of carbonyl (C=O) groups is 11. The molecule has 8 fully saturated rings. The van der Waals surface area contributed by atoms with E-state index in [4.69, 9.17) is 28.4 Å². The summed E-state index contributed by atoms with van der Waals surface area (Å²) in [6.07, 6.45) is 4.03. The zero-order valence-electron chi connectivity index (χ0n) is 77.1. The van der Waals surface area contributed by atoms with Crippen LogP contribution in [0.3, 0.4) is 0 Å². The Bertz CT molecular complexity index is 3160. The maximum Gasteiger partial charge on any atom is 0.222 e. The molecule has 39 nitrogen and oxygen atoms in total. The summed E-state index contributed by atoms with van der Waals surface area (Å²) in [5.74, 6) is -0.815. The molecule has 1 aliphatic carbocycles. The minimum atomic E-state index is -1.44. The molecule has 15 unspecified atom stereocenters. The number of likely N-dealkylation sites (tertiary alicyclic amines) is 4. The van der Waals surface area contributed by atoms with E-state index in [9.17, 15) is 109 Å². The minimum Gasteiger partial charge on any atom is -0.396 e. The highest BCUT2D eigenvalue weighted by Crippen LogP contribution is 2.57. The molecule has 1 saturated carbocycles. The van der Waals surface area contributed by atoms with E-state index in [1.165, 1.54) is 20.8 Å². The van der Waals surface area contributed by atoms with Crippen molar-refractivity contribution in [2.45, 2.75) is 337 Å². The van der Waals surface area contributed by atoms with E-state index in [1.54, 1.807) is 0 Å². The third kappa shape index (κ3) is 33.5. The number of aliphatic hydroxyl groups excluding tert-OH is 11. The summed E-state index contributed by atoms with van der Waals surface area (Å²) in [4.78, 5) is 152. The quantitative estimate of drug-likeness (QED) is 0.0338. The first-order chi connectivity index (χ1) is 62.5. The Morgan fingerprint density at radius 1 is 0.338 bits per heavy atom. The summed E-state index contributed by atoms with van der Waals surface area (Å²) in [6, 6.07) is -3.20. The molecule has 0 spiro atoms. The smallest absolute Gasteiger partial charge is 0.222 e. The Balaban J connectivity index is 0.837. The molecule has 130 heavy (non-hydrogen) atoms. The number of hydrogen-bond acceptors (Lipinski definition) is 28. The van der Waals surface area contributed by atoms with Crippen molar-refractivity contribution in [3.8, 4) is 0 Å². The number of unbranched alkanes of at least 4 members (excludes halogenated alkanes) is 11. The molecule has 8 aliphatic rings. The van der Waals surface area contributed by atoms with Gasteiger partial charge >= 0.3 is 0 Å². The number of nitrogens with one attached hydrogen (secondary N) is 7. The van der Waals surface area contributed by atoms with E-state index >= 15 is 0 Å². The van der Waals surface area contributed by atoms with Crippen LogP contribution in [0.4, 0.5) is 0 Å². The SMILES string of the molecule is CC(=O)NC1C(OCCCCC(=O)NCCCCCC(=O)N2CCC(C(CCC(=O)NCCCCCC(=O)N3C[C@H]4CC(CO)(CO)C[C@@H]4C3)(C3CCN(C(=O)CCCCCNC(=O)CCCCOC4OC(CO)C(O)C(O)C4NC(C)=O)CC3)C3CCN(C(=O)CCCCCNC(=O)CCCCOC4OC(CO)C(O)C(O)C4NC(C)=O)CC3)CC2)OC(CO)C(O)C1O. The summed E-state index contributed by atoms with van der Waals surface area (Å²) in [6.45, 7) is 8.46. The van der Waals surface area contributed by atoms with E-state index in [1.807, 2.05) is 19.6 Å². The molecule has 7 heterocycles. The molecule has 744 valence electrons. The van der Waals surface area contributed by atoms with Crippen LogP contribution >= 0.6 is 0 Å². The topological polar surface area (TPSA) is 563 Å². The molecule has 0 aromatic heterocycles. The second-order valence-electron chi connectivity index (χ2n) is 37.5. The van der Waals surface area contributed by atoms with Gasteiger partial charge in [-0.25, -0.2) is 0 Å². The molecular formula is C91H157N11O28. The minimum absolute atomic E-state index is 0.0529. The van der Waals surface area contributed by atoms with Gasteiger partial charge in [0.2, 0.25) is 65.0 Å². The van der Waals surface area contributed by atoms with Crippen molar-refractivity contribution in [2.75, 3.05) is 131 Å². The van der Waals surface area contributed by atoms with Crippen LogP contribution in [0.5, 0.6) is 0 Å². The molecule has 18 N–H and O–H groups in total. The highest BCUT2D eigenvalue weighted by atomic mass is 16.7. The lowest BCUT2D eigenvalue weighted by Gasteiger charge is -2.57. The molecule has 7 aliphatic heterocycles. The van der Waals surface area contributed by atoms with E-state index in [0.29, 0.717) is 271 Å². The van der Waals surface area contributed by atoms with Crippen molar-refractivity contribution in [1.82, 2.24) is 56.8 Å². The van der Waals surface area contributed by atoms with E-state index in [0.717, 1.165) is 6.42 Å². The number of piperidine rings is 3. The lowest BCUT2D eigenvalue weighted by Crippen LogP contribution is -2.64. The first-order valence-electron chi connectivity index (χ1n) is 48.4. The van der Waals surface area contributed by atoms with Gasteiger partial charge in [-0.2, -0.15) is 0 Å². The van der Waals surface area contributed by atoms with Crippen molar-refractivity contribution >= 4 is 65.0 Å². The zero-order valence-corrected chi connectivity index (χ0v) is 77.1. The van der Waals surface area contributed by atoms with Gasteiger partial charge in [-0.15, -0.1) is 0 Å². The van der Waals surface area contributed by atoms with Gasteiger partial charge in [0.25, 0.3) is 0 Å². The van der Waals surface area contributed by atoms with Gasteiger partial charge in [0.1, 0.15) is 73.1 Å². The molecule has 0 radical (unpaired) electrons. The van der Waals surface area contributed by atoms with Crippen LogP contribution in [-0.4, -0.2) is 364 Å².